The van der Waals surface area contributed by atoms with Crippen LogP contribution in [0.25, 0.3) is 11.0 Å². The number of hydrogen-bond acceptors (Lipinski definition) is 3. The summed E-state index contributed by atoms with van der Waals surface area (Å²) in [4.78, 5) is 11.9. The first-order valence-electron chi connectivity index (χ1n) is 6.80. The molecular formula is C14H17ClN2O3S. The van der Waals surface area contributed by atoms with Gasteiger partial charge in [0.1, 0.15) is 0 Å². The van der Waals surface area contributed by atoms with Gasteiger partial charge in [0.2, 0.25) is 0 Å². The van der Waals surface area contributed by atoms with Gasteiger partial charge >= 0.3 is 5.69 Å². The number of aryl methyl sites for hydroxylation is 2. The number of sulfone groups is 1. The summed E-state index contributed by atoms with van der Waals surface area (Å²) in [6.07, 6.45) is 0.599. The molecule has 1 aliphatic heterocycles. The van der Waals surface area contributed by atoms with Gasteiger partial charge in [-0.15, -0.1) is 11.6 Å². The summed E-state index contributed by atoms with van der Waals surface area (Å²) in [5.74, 6) is 0.301. The van der Waals surface area contributed by atoms with Crippen LogP contribution >= 0.6 is 11.6 Å². The van der Waals surface area contributed by atoms with E-state index in [1.165, 1.54) is 0 Å². The van der Waals surface area contributed by atoms with Gasteiger partial charge in [-0.25, -0.2) is 13.2 Å². The van der Waals surface area contributed by atoms with Crippen LogP contribution in [-0.2, 0) is 23.9 Å². The number of halogens is 1. The van der Waals surface area contributed by atoms with Crippen LogP contribution in [0.4, 0.5) is 0 Å². The number of rotatable bonds is 2. The molecule has 21 heavy (non-hydrogen) atoms. The Balaban J connectivity index is 2.02. The highest BCUT2D eigenvalue weighted by Crippen LogP contribution is 2.37. The molecular weight excluding hydrogens is 312 g/mol. The second kappa shape index (κ2) is 4.88. The van der Waals surface area contributed by atoms with Gasteiger partial charge in [-0.3, -0.25) is 9.13 Å². The lowest BCUT2D eigenvalue weighted by Gasteiger charge is -2.16. The fourth-order valence-electron chi connectivity index (χ4n) is 3.02. The normalized spacial score (nSPS) is 22.7. The number of benzene rings is 1. The molecule has 1 aliphatic rings. The summed E-state index contributed by atoms with van der Waals surface area (Å²) in [5.41, 5.74) is 2.44. The third-order valence-corrected chi connectivity index (χ3v) is 6.70. The molecule has 1 aromatic heterocycles. The van der Waals surface area contributed by atoms with Crippen molar-refractivity contribution in [1.29, 1.82) is 0 Å². The van der Waals surface area contributed by atoms with E-state index in [1.54, 1.807) is 23.2 Å². The third kappa shape index (κ3) is 2.40. The van der Waals surface area contributed by atoms with Gasteiger partial charge in [-0.1, -0.05) is 6.07 Å². The van der Waals surface area contributed by atoms with Crippen molar-refractivity contribution >= 4 is 32.5 Å². The monoisotopic (exact) mass is 328 g/mol. The van der Waals surface area contributed by atoms with Crippen molar-refractivity contribution in [3.8, 4) is 0 Å². The molecule has 0 radical (unpaired) electrons. The molecule has 114 valence electrons. The van der Waals surface area contributed by atoms with Crippen molar-refractivity contribution < 1.29 is 8.42 Å². The predicted octanol–water partition coefficient (Wildman–Crippen LogP) is 1.59. The van der Waals surface area contributed by atoms with Crippen LogP contribution in [0.5, 0.6) is 0 Å². The molecule has 2 heterocycles. The lowest BCUT2D eigenvalue weighted by Crippen LogP contribution is -2.19. The molecule has 3 rings (SSSR count). The highest BCUT2D eigenvalue weighted by atomic mass is 35.5. The SMILES string of the molecule is Cn1c(=O)n(C)c2cc(C(Cl)C3CCS(=O)(=O)C3)ccc21. The van der Waals surface area contributed by atoms with Crippen molar-refractivity contribution in [1.82, 2.24) is 9.13 Å². The second-order valence-corrected chi connectivity index (χ2v) is 8.41. The Morgan fingerprint density at radius 3 is 2.52 bits per heavy atom. The van der Waals surface area contributed by atoms with E-state index in [-0.39, 0.29) is 28.5 Å². The van der Waals surface area contributed by atoms with Crippen LogP contribution in [0, 0.1) is 5.92 Å². The fraction of sp³-hybridized carbons (Fsp3) is 0.500. The minimum Gasteiger partial charge on any atom is -0.295 e. The molecule has 0 aliphatic carbocycles. The Hall–Kier alpha value is -1.27. The molecule has 0 bridgehead atoms. The summed E-state index contributed by atoms with van der Waals surface area (Å²) in [7, 11) is 0.503. The second-order valence-electron chi connectivity index (χ2n) is 5.71. The first-order valence-corrected chi connectivity index (χ1v) is 9.06. The third-order valence-electron chi connectivity index (χ3n) is 4.30. The number of nitrogens with zero attached hydrogens (tertiary/aromatic N) is 2. The van der Waals surface area contributed by atoms with Gasteiger partial charge in [0.05, 0.1) is 27.9 Å². The zero-order valence-corrected chi connectivity index (χ0v) is 13.5. The Bertz CT molecular complexity index is 866. The molecule has 2 aromatic rings. The first kappa shape index (κ1) is 14.7. The molecule has 1 fully saturated rings. The Morgan fingerprint density at radius 2 is 1.90 bits per heavy atom. The van der Waals surface area contributed by atoms with E-state index >= 15 is 0 Å². The van der Waals surface area contributed by atoms with E-state index in [9.17, 15) is 13.2 Å². The van der Waals surface area contributed by atoms with Crippen molar-refractivity contribution in [2.75, 3.05) is 11.5 Å². The van der Waals surface area contributed by atoms with E-state index in [4.69, 9.17) is 11.6 Å². The van der Waals surface area contributed by atoms with Crippen molar-refractivity contribution in [3.05, 3.63) is 34.2 Å². The molecule has 0 saturated carbocycles. The maximum absolute atomic E-state index is 11.9. The van der Waals surface area contributed by atoms with E-state index < -0.39 is 9.84 Å². The molecule has 2 unspecified atom stereocenters. The molecule has 1 saturated heterocycles. The summed E-state index contributed by atoms with van der Waals surface area (Å²) in [5, 5.41) is -0.345. The lowest BCUT2D eigenvalue weighted by atomic mass is 9.98. The number of aromatic nitrogens is 2. The number of hydrogen-bond donors (Lipinski definition) is 0. The van der Waals surface area contributed by atoms with Gasteiger partial charge in [0, 0.05) is 14.1 Å². The fourth-order valence-corrected chi connectivity index (χ4v) is 5.32. The highest BCUT2D eigenvalue weighted by Gasteiger charge is 2.33. The zero-order chi connectivity index (χ0) is 15.4. The number of alkyl halides is 1. The van der Waals surface area contributed by atoms with Crippen molar-refractivity contribution in [3.63, 3.8) is 0 Å². The van der Waals surface area contributed by atoms with Crippen LogP contribution in [-0.4, -0.2) is 29.1 Å². The maximum atomic E-state index is 11.9. The maximum Gasteiger partial charge on any atom is 0.328 e. The van der Waals surface area contributed by atoms with E-state index in [2.05, 4.69) is 0 Å². The summed E-state index contributed by atoms with van der Waals surface area (Å²) in [6, 6.07) is 5.63. The van der Waals surface area contributed by atoms with E-state index in [1.807, 2.05) is 18.2 Å². The topological polar surface area (TPSA) is 61.1 Å². The molecule has 7 heteroatoms. The van der Waals surface area contributed by atoms with Crippen LogP contribution < -0.4 is 5.69 Å². The Labute approximate surface area is 128 Å². The Morgan fingerprint density at radius 1 is 1.24 bits per heavy atom. The smallest absolute Gasteiger partial charge is 0.295 e. The lowest BCUT2D eigenvalue weighted by molar-refractivity contribution is 0.569. The van der Waals surface area contributed by atoms with Gasteiger partial charge < -0.3 is 0 Å². The van der Waals surface area contributed by atoms with Crippen molar-refractivity contribution in [2.45, 2.75) is 11.8 Å². The van der Waals surface area contributed by atoms with E-state index in [0.717, 1.165) is 16.6 Å². The van der Waals surface area contributed by atoms with Gasteiger partial charge in [-0.2, -0.15) is 0 Å². The highest BCUT2D eigenvalue weighted by molar-refractivity contribution is 7.91. The molecule has 0 amide bonds. The van der Waals surface area contributed by atoms with Crippen LogP contribution in [0.3, 0.4) is 0 Å². The zero-order valence-electron chi connectivity index (χ0n) is 11.9. The van der Waals surface area contributed by atoms with Gasteiger partial charge in [0.15, 0.2) is 9.84 Å². The Kier molecular flexibility index (Phi) is 3.41. The summed E-state index contributed by atoms with van der Waals surface area (Å²) < 4.78 is 26.3. The molecule has 0 spiro atoms. The molecule has 2 atom stereocenters. The minimum atomic E-state index is -2.95. The average molecular weight is 329 g/mol. The molecule has 1 aromatic carbocycles. The quantitative estimate of drug-likeness (QED) is 0.787. The van der Waals surface area contributed by atoms with Gasteiger partial charge in [-0.05, 0) is 30.0 Å². The average Bonchev–Trinajstić information content (AvgIpc) is 2.92. The predicted molar refractivity (Wildman–Crippen MR) is 83.5 cm³/mol. The van der Waals surface area contributed by atoms with Crippen LogP contribution in [0.15, 0.2) is 23.0 Å². The number of fused-ring (bicyclic) bond motifs is 1. The standard InChI is InChI=1S/C14H17ClN2O3S/c1-16-11-4-3-9(7-12(11)17(2)14(16)18)13(15)10-5-6-21(19,20)8-10/h3-4,7,10,13H,5-6,8H2,1-2H3. The summed E-state index contributed by atoms with van der Waals surface area (Å²) in [6.45, 7) is 0. The van der Waals surface area contributed by atoms with Crippen LogP contribution in [0.2, 0.25) is 0 Å². The van der Waals surface area contributed by atoms with Crippen LogP contribution in [0.1, 0.15) is 17.4 Å². The first-order chi connectivity index (χ1) is 9.80. The summed E-state index contributed by atoms with van der Waals surface area (Å²) >= 11 is 6.48. The molecule has 5 nitrogen and oxygen atoms in total. The minimum absolute atomic E-state index is 0.0603. The number of imidazole rings is 1. The largest absolute Gasteiger partial charge is 0.328 e. The molecule has 0 N–H and O–H groups in total. The van der Waals surface area contributed by atoms with Crippen molar-refractivity contribution in [2.24, 2.45) is 20.0 Å². The van der Waals surface area contributed by atoms with Gasteiger partial charge in [0.25, 0.3) is 0 Å². The van der Waals surface area contributed by atoms with E-state index in [0.29, 0.717) is 6.42 Å².